The van der Waals surface area contributed by atoms with Crippen LogP contribution in [0.4, 0.5) is 0 Å². The second kappa shape index (κ2) is 2.50. The van der Waals surface area contributed by atoms with Gasteiger partial charge < -0.3 is 0 Å². The van der Waals surface area contributed by atoms with E-state index in [1.165, 1.54) is 10.1 Å². The van der Waals surface area contributed by atoms with Crippen LogP contribution in [0.1, 0.15) is 0 Å². The van der Waals surface area contributed by atoms with E-state index in [-0.39, 0.29) is 0 Å². The summed E-state index contributed by atoms with van der Waals surface area (Å²) in [7, 11) is 0. The van der Waals surface area contributed by atoms with Crippen LogP contribution in [-0.2, 0) is 0 Å². The maximum absolute atomic E-state index is 4.10. The molecule has 0 radical (unpaired) electrons. The van der Waals surface area contributed by atoms with Gasteiger partial charge in [0.25, 0.3) is 0 Å². The van der Waals surface area contributed by atoms with Crippen molar-refractivity contribution in [1.29, 1.82) is 0 Å². The monoisotopic (exact) mass is 186 g/mol. The summed E-state index contributed by atoms with van der Waals surface area (Å²) in [6.45, 7) is 0. The molecule has 3 heteroatoms. The molecule has 0 aliphatic carbocycles. The van der Waals surface area contributed by atoms with Crippen LogP contribution >= 0.6 is 11.3 Å². The highest BCUT2D eigenvalue weighted by Gasteiger charge is 2.08. The summed E-state index contributed by atoms with van der Waals surface area (Å²) >= 11 is 1.73. The van der Waals surface area contributed by atoms with E-state index in [2.05, 4.69) is 27.7 Å². The number of fused-ring (bicyclic) bond motifs is 3. The zero-order valence-electron chi connectivity index (χ0n) is 6.77. The molecule has 2 nitrogen and oxygen atoms in total. The first-order valence-corrected chi connectivity index (χ1v) is 4.91. The fraction of sp³-hybridized carbons (Fsp3) is 0. The quantitative estimate of drug-likeness (QED) is 0.539. The summed E-state index contributed by atoms with van der Waals surface area (Å²) < 4.78 is 1.26. The molecule has 2 heterocycles. The summed E-state index contributed by atoms with van der Waals surface area (Å²) in [5.74, 6) is 0. The van der Waals surface area contributed by atoms with Crippen molar-refractivity contribution in [2.75, 3.05) is 0 Å². The molecule has 0 bridgehead atoms. The van der Waals surface area contributed by atoms with Crippen molar-refractivity contribution in [3.05, 3.63) is 35.8 Å². The van der Waals surface area contributed by atoms with Gasteiger partial charge in [-0.15, -0.1) is 16.4 Å². The molecule has 0 unspecified atom stereocenters. The molecule has 0 atom stereocenters. The van der Waals surface area contributed by atoms with E-state index < -0.39 is 0 Å². The molecule has 3 rings (SSSR count). The lowest BCUT2D eigenvalue weighted by Gasteiger charge is -1.99. The van der Waals surface area contributed by atoms with Gasteiger partial charge >= 0.3 is 0 Å². The van der Waals surface area contributed by atoms with Gasteiger partial charge in [0.2, 0.25) is 0 Å². The average Bonchev–Trinajstić information content (AvgIpc) is 2.65. The van der Waals surface area contributed by atoms with Crippen LogP contribution in [0.2, 0.25) is 0 Å². The van der Waals surface area contributed by atoms with E-state index in [9.17, 15) is 0 Å². The predicted molar refractivity (Wildman–Crippen MR) is 54.0 cm³/mol. The third-order valence-electron chi connectivity index (χ3n) is 2.08. The van der Waals surface area contributed by atoms with Crippen LogP contribution in [-0.4, -0.2) is 10.2 Å². The normalized spacial score (nSPS) is 11.1. The fourth-order valence-electron chi connectivity index (χ4n) is 1.46. The van der Waals surface area contributed by atoms with Crippen molar-refractivity contribution in [3.8, 4) is 11.3 Å². The molecule has 0 fully saturated rings. The summed E-state index contributed by atoms with van der Waals surface area (Å²) in [6.07, 6.45) is 1.80. The van der Waals surface area contributed by atoms with E-state index in [1.54, 1.807) is 17.5 Å². The largest absolute Gasteiger partial charge is 0.158 e. The molecule has 0 aromatic heterocycles. The van der Waals surface area contributed by atoms with Crippen molar-refractivity contribution < 1.29 is 0 Å². The van der Waals surface area contributed by atoms with Gasteiger partial charge in [0.1, 0.15) is 5.69 Å². The highest BCUT2D eigenvalue weighted by Crippen LogP contribution is 2.31. The zero-order chi connectivity index (χ0) is 8.67. The topological polar surface area (TPSA) is 25.8 Å². The Balaban J connectivity index is 2.57. The summed E-state index contributed by atoms with van der Waals surface area (Å²) in [5.41, 5.74) is 2.14. The molecule has 62 valence electrons. The van der Waals surface area contributed by atoms with Gasteiger partial charge in [-0.3, -0.25) is 0 Å². The zero-order valence-corrected chi connectivity index (χ0v) is 7.58. The van der Waals surface area contributed by atoms with Crippen LogP contribution in [0.15, 0.2) is 35.8 Å². The Morgan fingerprint density at radius 1 is 1.15 bits per heavy atom. The molecule has 1 aromatic carbocycles. The van der Waals surface area contributed by atoms with Crippen LogP contribution in [0.25, 0.3) is 21.3 Å². The number of rotatable bonds is 0. The highest BCUT2D eigenvalue weighted by atomic mass is 32.1. The van der Waals surface area contributed by atoms with Gasteiger partial charge in [-0.1, -0.05) is 18.2 Å². The Morgan fingerprint density at radius 2 is 2.08 bits per heavy atom. The Kier molecular flexibility index (Phi) is 1.34. The lowest BCUT2D eigenvalue weighted by molar-refractivity contribution is 1.11. The fourth-order valence-corrected chi connectivity index (χ4v) is 2.33. The lowest BCUT2D eigenvalue weighted by atomic mass is 10.1. The van der Waals surface area contributed by atoms with Crippen molar-refractivity contribution in [1.82, 2.24) is 10.2 Å². The van der Waals surface area contributed by atoms with Crippen molar-refractivity contribution in [3.63, 3.8) is 0 Å². The van der Waals surface area contributed by atoms with E-state index in [1.807, 2.05) is 12.1 Å². The summed E-state index contributed by atoms with van der Waals surface area (Å²) in [4.78, 5) is 0. The first kappa shape index (κ1) is 6.97. The summed E-state index contributed by atoms with van der Waals surface area (Å²) in [6, 6.07) is 8.27. The third-order valence-corrected chi connectivity index (χ3v) is 3.06. The van der Waals surface area contributed by atoms with Crippen LogP contribution in [0.3, 0.4) is 0 Å². The molecule has 0 saturated heterocycles. The van der Waals surface area contributed by atoms with Crippen molar-refractivity contribution in [2.24, 2.45) is 0 Å². The third kappa shape index (κ3) is 0.939. The van der Waals surface area contributed by atoms with E-state index >= 15 is 0 Å². The van der Waals surface area contributed by atoms with Gasteiger partial charge in [-0.2, -0.15) is 5.10 Å². The molecule has 0 N–H and O–H groups in total. The molecular weight excluding hydrogens is 180 g/mol. The number of nitrogens with zero attached hydrogens (tertiary/aromatic N) is 2. The first-order valence-electron chi connectivity index (χ1n) is 4.03. The molecule has 1 aromatic rings. The van der Waals surface area contributed by atoms with Crippen LogP contribution in [0, 0.1) is 0 Å². The smallest absolute Gasteiger partial charge is 0.104 e. The van der Waals surface area contributed by atoms with Crippen LogP contribution < -0.4 is 0 Å². The second-order valence-electron chi connectivity index (χ2n) is 2.88. The maximum Gasteiger partial charge on any atom is 0.104 e. The Labute approximate surface area is 79.2 Å². The van der Waals surface area contributed by atoms with E-state index in [0.29, 0.717) is 0 Å². The van der Waals surface area contributed by atoms with E-state index in [0.717, 1.165) is 11.3 Å². The van der Waals surface area contributed by atoms with Crippen molar-refractivity contribution in [2.45, 2.75) is 0 Å². The molecule has 2 aliphatic heterocycles. The molecule has 13 heavy (non-hydrogen) atoms. The predicted octanol–water partition coefficient (Wildman–Crippen LogP) is 2.80. The van der Waals surface area contributed by atoms with Gasteiger partial charge in [-0.25, -0.2) is 0 Å². The molecule has 0 spiro atoms. The second-order valence-corrected chi connectivity index (χ2v) is 3.79. The number of hydrogen-bond donors (Lipinski definition) is 0. The SMILES string of the molecule is c1ccc2c3nncc-3csc2c1. The number of aromatic nitrogens is 2. The standard InChI is InChI=1S/C10H6N2S/c1-2-4-9-8(3-1)10-7(6-13-9)5-11-12-10/h1-6H. The Morgan fingerprint density at radius 3 is 3.08 bits per heavy atom. The first-order chi connectivity index (χ1) is 6.45. The minimum absolute atomic E-state index is 1.01. The molecule has 0 amide bonds. The van der Waals surface area contributed by atoms with Gasteiger partial charge in [0, 0.05) is 21.0 Å². The minimum atomic E-state index is 1.01. The van der Waals surface area contributed by atoms with Crippen LogP contribution in [0.5, 0.6) is 0 Å². The van der Waals surface area contributed by atoms with Crippen molar-refractivity contribution >= 4 is 21.4 Å². The van der Waals surface area contributed by atoms with E-state index in [4.69, 9.17) is 0 Å². The molecule has 2 aliphatic rings. The van der Waals surface area contributed by atoms with Gasteiger partial charge in [0.05, 0.1) is 6.20 Å². The Bertz CT molecular complexity index is 529. The maximum atomic E-state index is 4.10. The number of benzene rings is 1. The Hall–Kier alpha value is -1.48. The number of hydrogen-bond acceptors (Lipinski definition) is 3. The average molecular weight is 186 g/mol. The van der Waals surface area contributed by atoms with Gasteiger partial charge in [-0.05, 0) is 6.07 Å². The minimum Gasteiger partial charge on any atom is -0.158 e. The highest BCUT2D eigenvalue weighted by molar-refractivity contribution is 7.17. The van der Waals surface area contributed by atoms with Gasteiger partial charge in [0.15, 0.2) is 0 Å². The molecular formula is C10H6N2S. The lowest BCUT2D eigenvalue weighted by Crippen LogP contribution is -1.77. The summed E-state index contributed by atoms with van der Waals surface area (Å²) in [5, 5.41) is 11.3. The molecule has 0 saturated carbocycles.